The summed E-state index contributed by atoms with van der Waals surface area (Å²) in [5.41, 5.74) is 2.54. The van der Waals surface area contributed by atoms with Gasteiger partial charge in [-0.25, -0.2) is 10.0 Å². The van der Waals surface area contributed by atoms with Crippen LogP contribution in [0.4, 0.5) is 0 Å². The van der Waals surface area contributed by atoms with Crippen LogP contribution in [0.15, 0.2) is 12.1 Å². The summed E-state index contributed by atoms with van der Waals surface area (Å²) in [7, 11) is -1.04. The van der Waals surface area contributed by atoms with Gasteiger partial charge in [-0.15, -0.1) is 0 Å². The Morgan fingerprint density at radius 2 is 1.46 bits per heavy atom. The molecule has 0 bridgehead atoms. The molecule has 1 aromatic carbocycles. The largest absolute Gasteiger partial charge is 0.507 e. The first-order valence-corrected chi connectivity index (χ1v) is 12.2. The van der Waals surface area contributed by atoms with E-state index >= 15 is 0 Å². The summed E-state index contributed by atoms with van der Waals surface area (Å²) >= 11 is 0. The van der Waals surface area contributed by atoms with E-state index in [0.717, 1.165) is 41.4 Å². The summed E-state index contributed by atoms with van der Waals surface area (Å²) < 4.78 is 5.57. The van der Waals surface area contributed by atoms with E-state index in [1.54, 1.807) is 0 Å². The maximum atomic E-state index is 13.7. The molecule has 0 radical (unpaired) electrons. The van der Waals surface area contributed by atoms with Crippen LogP contribution in [0.2, 0.25) is 0 Å². The molecule has 1 N–H and O–H groups in total. The van der Waals surface area contributed by atoms with Crippen LogP contribution in [-0.2, 0) is 4.74 Å². The third-order valence-corrected chi connectivity index (χ3v) is 9.75. The van der Waals surface area contributed by atoms with Gasteiger partial charge in [-0.3, -0.25) is 4.79 Å². The SMILES string of the molecule is CC(C)c1cc(C(=O)C(C(C)C)S2(C)CCOCC2)cc(C(C)C)c1O. The van der Waals surface area contributed by atoms with Crippen LogP contribution in [0, 0.1) is 5.92 Å². The number of hydrogen-bond donors (Lipinski definition) is 1. The summed E-state index contributed by atoms with van der Waals surface area (Å²) in [6.45, 7) is 14.2. The third kappa shape index (κ3) is 4.28. The minimum atomic E-state index is -1.04. The fourth-order valence-electron chi connectivity index (χ4n) is 4.04. The molecule has 2 rings (SSSR count). The first-order chi connectivity index (χ1) is 12.1. The molecule has 1 atom stereocenters. The highest BCUT2D eigenvalue weighted by atomic mass is 32.3. The molecule has 26 heavy (non-hydrogen) atoms. The van der Waals surface area contributed by atoms with Gasteiger partial charge >= 0.3 is 0 Å². The monoisotopic (exact) mass is 380 g/mol. The van der Waals surface area contributed by atoms with Crippen molar-refractivity contribution in [3.05, 3.63) is 28.8 Å². The molecule has 3 nitrogen and oxygen atoms in total. The molecule has 148 valence electrons. The first-order valence-electron chi connectivity index (χ1n) is 9.79. The topological polar surface area (TPSA) is 46.5 Å². The predicted molar refractivity (Wildman–Crippen MR) is 113 cm³/mol. The van der Waals surface area contributed by atoms with Crippen LogP contribution < -0.4 is 0 Å². The highest BCUT2D eigenvalue weighted by molar-refractivity contribution is 8.34. The number of carbonyl (C=O) groups excluding carboxylic acids is 1. The van der Waals surface area contributed by atoms with Crippen LogP contribution in [0.3, 0.4) is 0 Å². The molecule has 1 heterocycles. The first kappa shape index (κ1) is 21.3. The number of aromatic hydroxyl groups is 1. The van der Waals surface area contributed by atoms with E-state index in [-0.39, 0.29) is 22.9 Å². The fourth-order valence-corrected chi connectivity index (χ4v) is 7.72. The highest BCUT2D eigenvalue weighted by Gasteiger charge is 2.38. The second kappa shape index (κ2) is 8.35. The van der Waals surface area contributed by atoms with Gasteiger partial charge in [-0.1, -0.05) is 41.5 Å². The lowest BCUT2D eigenvalue weighted by Gasteiger charge is -2.47. The number of rotatable bonds is 6. The summed E-state index contributed by atoms with van der Waals surface area (Å²) in [6, 6.07) is 3.87. The van der Waals surface area contributed by atoms with Crippen LogP contribution in [-0.4, -0.2) is 47.1 Å². The van der Waals surface area contributed by atoms with E-state index in [0.29, 0.717) is 11.7 Å². The van der Waals surface area contributed by atoms with E-state index < -0.39 is 10.0 Å². The van der Waals surface area contributed by atoms with Crippen molar-refractivity contribution in [3.63, 3.8) is 0 Å². The molecule has 0 aromatic heterocycles. The molecule has 0 amide bonds. The average molecular weight is 381 g/mol. The Morgan fingerprint density at radius 3 is 1.85 bits per heavy atom. The third-order valence-electron chi connectivity index (χ3n) is 5.56. The van der Waals surface area contributed by atoms with Gasteiger partial charge in [0.05, 0.1) is 18.5 Å². The number of hydrogen-bond acceptors (Lipinski definition) is 3. The Labute approximate surface area is 160 Å². The van der Waals surface area contributed by atoms with Gasteiger partial charge in [-0.2, -0.15) is 0 Å². The normalized spacial score (nSPS) is 19.8. The lowest BCUT2D eigenvalue weighted by molar-refractivity contribution is 0.0971. The van der Waals surface area contributed by atoms with Crippen molar-refractivity contribution >= 4 is 15.8 Å². The zero-order valence-corrected chi connectivity index (χ0v) is 18.3. The molecular weight excluding hydrogens is 344 g/mol. The zero-order valence-electron chi connectivity index (χ0n) is 17.5. The van der Waals surface area contributed by atoms with Gasteiger partial charge in [0, 0.05) is 17.1 Å². The van der Waals surface area contributed by atoms with E-state index in [1.807, 2.05) is 12.1 Å². The van der Waals surface area contributed by atoms with Gasteiger partial charge in [0.25, 0.3) is 0 Å². The van der Waals surface area contributed by atoms with Crippen molar-refractivity contribution in [2.75, 3.05) is 31.0 Å². The lowest BCUT2D eigenvalue weighted by atomic mass is 9.89. The van der Waals surface area contributed by atoms with Gasteiger partial charge in [-0.05, 0) is 47.3 Å². The number of benzene rings is 1. The van der Waals surface area contributed by atoms with Crippen molar-refractivity contribution in [1.82, 2.24) is 0 Å². The maximum absolute atomic E-state index is 13.7. The number of ketones is 1. The molecule has 1 unspecified atom stereocenters. The molecule has 1 aliphatic heterocycles. The Bertz CT molecular complexity index is 614. The number of ether oxygens (including phenoxy) is 1. The minimum Gasteiger partial charge on any atom is -0.507 e. The number of phenols is 1. The second-order valence-corrected chi connectivity index (χ2v) is 12.7. The highest BCUT2D eigenvalue weighted by Crippen LogP contribution is 2.54. The van der Waals surface area contributed by atoms with Gasteiger partial charge in [0.1, 0.15) is 5.75 Å². The smallest absolute Gasteiger partial charge is 0.174 e. The molecule has 0 saturated carbocycles. The predicted octanol–water partition coefficient (Wildman–Crippen LogP) is 5.31. The minimum absolute atomic E-state index is 0.0518. The quantitative estimate of drug-likeness (QED) is 0.680. The van der Waals surface area contributed by atoms with E-state index in [2.05, 4.69) is 47.8 Å². The summed E-state index contributed by atoms with van der Waals surface area (Å²) in [5.74, 6) is 3.30. The van der Waals surface area contributed by atoms with Crippen molar-refractivity contribution < 1.29 is 14.6 Å². The molecule has 0 aliphatic carbocycles. The van der Waals surface area contributed by atoms with Crippen molar-refractivity contribution in [1.29, 1.82) is 0 Å². The summed E-state index contributed by atoms with van der Waals surface area (Å²) in [5, 5.41) is 10.7. The van der Waals surface area contributed by atoms with E-state index in [4.69, 9.17) is 4.74 Å². The molecule has 4 heteroatoms. The summed E-state index contributed by atoms with van der Waals surface area (Å²) in [4.78, 5) is 13.7. The fraction of sp³-hybridized carbons (Fsp3) is 0.682. The van der Waals surface area contributed by atoms with Crippen LogP contribution >= 0.6 is 10.0 Å². The Morgan fingerprint density at radius 1 is 1.00 bits per heavy atom. The average Bonchev–Trinajstić information content (AvgIpc) is 2.54. The van der Waals surface area contributed by atoms with E-state index in [1.165, 1.54) is 0 Å². The molecule has 1 fully saturated rings. The molecule has 1 saturated heterocycles. The Balaban J connectivity index is 2.52. The molecular formula is C22H36O3S. The van der Waals surface area contributed by atoms with Crippen LogP contribution in [0.25, 0.3) is 0 Å². The summed E-state index contributed by atoms with van der Waals surface area (Å²) in [6.07, 6.45) is 2.32. The van der Waals surface area contributed by atoms with Crippen LogP contribution in [0.1, 0.15) is 74.9 Å². The van der Waals surface area contributed by atoms with Gasteiger partial charge in [0.2, 0.25) is 0 Å². The molecule has 1 aromatic rings. The van der Waals surface area contributed by atoms with Gasteiger partial charge in [0.15, 0.2) is 5.78 Å². The maximum Gasteiger partial charge on any atom is 0.174 e. The van der Waals surface area contributed by atoms with Crippen molar-refractivity contribution in [2.24, 2.45) is 5.92 Å². The number of Topliss-reactive ketones (excluding diaryl/α,β-unsaturated/α-hetero) is 1. The zero-order chi connectivity index (χ0) is 19.6. The Hall–Kier alpha value is -1.00. The Kier molecular flexibility index (Phi) is 6.84. The number of carbonyl (C=O) groups is 1. The van der Waals surface area contributed by atoms with Crippen molar-refractivity contribution in [3.8, 4) is 5.75 Å². The second-order valence-electron chi connectivity index (χ2n) is 8.71. The standard InChI is InChI=1S/C22H36O3S/c1-14(2)18-12-17(13-19(15(3)4)21(18)24)20(23)22(16(5)6)26(7)10-8-25-9-11-26/h12-16,22,24H,8-11H2,1-7H3. The van der Waals surface area contributed by atoms with E-state index in [9.17, 15) is 9.90 Å². The lowest BCUT2D eigenvalue weighted by Crippen LogP contribution is -2.39. The molecule has 1 aliphatic rings. The van der Waals surface area contributed by atoms with Crippen LogP contribution in [0.5, 0.6) is 5.75 Å². The number of phenolic OH excluding ortho intramolecular Hbond substituents is 1. The molecule has 0 spiro atoms. The van der Waals surface area contributed by atoms with Gasteiger partial charge < -0.3 is 9.84 Å². The van der Waals surface area contributed by atoms with Crippen molar-refractivity contribution in [2.45, 2.75) is 58.6 Å².